The van der Waals surface area contributed by atoms with Gasteiger partial charge in [0.05, 0.1) is 11.3 Å². The Morgan fingerprint density at radius 2 is 1.67 bits per heavy atom. The molecule has 0 saturated carbocycles. The number of carbonyl (C=O) groups is 1. The Morgan fingerprint density at radius 3 is 2.24 bits per heavy atom. The molecular formula is C14H8ClF4NO. The topological polar surface area (TPSA) is 29.1 Å². The predicted molar refractivity (Wildman–Crippen MR) is 70.8 cm³/mol. The molecule has 0 atom stereocenters. The summed E-state index contributed by atoms with van der Waals surface area (Å²) in [4.78, 5) is 11.8. The minimum absolute atomic E-state index is 0.149. The van der Waals surface area contributed by atoms with Gasteiger partial charge in [-0.05, 0) is 42.5 Å². The zero-order valence-electron chi connectivity index (χ0n) is 10.3. The third-order valence-corrected chi connectivity index (χ3v) is 2.90. The second kappa shape index (κ2) is 5.73. The van der Waals surface area contributed by atoms with E-state index in [-0.39, 0.29) is 5.56 Å². The second-order valence-corrected chi connectivity index (χ2v) is 4.59. The summed E-state index contributed by atoms with van der Waals surface area (Å²) in [6.07, 6.45) is -4.62. The van der Waals surface area contributed by atoms with Crippen LogP contribution in [0.3, 0.4) is 0 Å². The summed E-state index contributed by atoms with van der Waals surface area (Å²) in [5.41, 5.74) is -1.43. The van der Waals surface area contributed by atoms with Crippen LogP contribution in [-0.2, 0) is 6.18 Å². The monoisotopic (exact) mass is 317 g/mol. The number of amides is 1. The van der Waals surface area contributed by atoms with Crippen molar-refractivity contribution in [3.63, 3.8) is 0 Å². The molecule has 0 heterocycles. The Balaban J connectivity index is 2.26. The van der Waals surface area contributed by atoms with Gasteiger partial charge in [-0.3, -0.25) is 4.79 Å². The summed E-state index contributed by atoms with van der Waals surface area (Å²) in [6.45, 7) is 0. The average Bonchev–Trinajstić information content (AvgIpc) is 2.40. The van der Waals surface area contributed by atoms with Crippen molar-refractivity contribution in [2.45, 2.75) is 6.18 Å². The van der Waals surface area contributed by atoms with E-state index in [1.807, 2.05) is 0 Å². The average molecular weight is 318 g/mol. The standard InChI is InChI=1S/C14H8ClF4NO/c15-10-4-1-8(2-5-10)13(21)20-12-7-9(14(17,18)19)3-6-11(12)16/h1-7H,(H,20,21). The molecule has 0 fully saturated rings. The number of halogens is 5. The summed E-state index contributed by atoms with van der Waals surface area (Å²) < 4.78 is 51.2. The third kappa shape index (κ3) is 3.72. The molecule has 7 heteroatoms. The highest BCUT2D eigenvalue weighted by atomic mass is 35.5. The zero-order valence-corrected chi connectivity index (χ0v) is 11.1. The van der Waals surface area contributed by atoms with Crippen molar-refractivity contribution in [3.8, 4) is 0 Å². The first-order valence-corrected chi connectivity index (χ1v) is 6.09. The van der Waals surface area contributed by atoms with Gasteiger partial charge in [-0.1, -0.05) is 11.6 Å². The van der Waals surface area contributed by atoms with E-state index in [2.05, 4.69) is 5.32 Å². The normalized spacial score (nSPS) is 11.3. The molecule has 0 saturated heterocycles. The van der Waals surface area contributed by atoms with Crippen molar-refractivity contribution >= 4 is 23.2 Å². The molecular weight excluding hydrogens is 310 g/mol. The van der Waals surface area contributed by atoms with E-state index in [1.165, 1.54) is 24.3 Å². The van der Waals surface area contributed by atoms with Crippen molar-refractivity contribution in [1.82, 2.24) is 0 Å². The lowest BCUT2D eigenvalue weighted by Crippen LogP contribution is -2.14. The maximum atomic E-state index is 13.5. The Kier molecular flexibility index (Phi) is 4.18. The lowest BCUT2D eigenvalue weighted by Gasteiger charge is -2.11. The summed E-state index contributed by atoms with van der Waals surface area (Å²) in [5.74, 6) is -1.68. The molecule has 110 valence electrons. The van der Waals surface area contributed by atoms with Gasteiger partial charge in [0.15, 0.2) is 0 Å². The molecule has 2 nitrogen and oxygen atoms in total. The van der Waals surface area contributed by atoms with Crippen LogP contribution >= 0.6 is 11.6 Å². The van der Waals surface area contributed by atoms with Crippen molar-refractivity contribution in [1.29, 1.82) is 0 Å². The Hall–Kier alpha value is -2.08. The maximum absolute atomic E-state index is 13.5. The molecule has 0 aliphatic carbocycles. The van der Waals surface area contributed by atoms with Gasteiger partial charge in [-0.25, -0.2) is 4.39 Å². The first-order valence-electron chi connectivity index (χ1n) is 5.71. The first-order chi connectivity index (χ1) is 9.77. The van der Waals surface area contributed by atoms with Crippen molar-refractivity contribution in [2.24, 2.45) is 0 Å². The van der Waals surface area contributed by atoms with Gasteiger partial charge in [-0.2, -0.15) is 13.2 Å². The predicted octanol–water partition coefficient (Wildman–Crippen LogP) is 4.75. The number of hydrogen-bond donors (Lipinski definition) is 1. The van der Waals surface area contributed by atoms with E-state index < -0.39 is 29.2 Å². The van der Waals surface area contributed by atoms with Crippen molar-refractivity contribution in [2.75, 3.05) is 5.32 Å². The van der Waals surface area contributed by atoms with Gasteiger partial charge >= 0.3 is 6.18 Å². The Morgan fingerprint density at radius 1 is 1.05 bits per heavy atom. The fourth-order valence-corrected chi connectivity index (χ4v) is 1.72. The fraction of sp³-hybridized carbons (Fsp3) is 0.0714. The summed E-state index contributed by atoms with van der Waals surface area (Å²) in [7, 11) is 0. The zero-order chi connectivity index (χ0) is 15.6. The quantitative estimate of drug-likeness (QED) is 0.796. The molecule has 0 bridgehead atoms. The van der Waals surface area contributed by atoms with Gasteiger partial charge in [0.25, 0.3) is 5.91 Å². The van der Waals surface area contributed by atoms with Crippen LogP contribution in [-0.4, -0.2) is 5.91 Å². The Bertz CT molecular complexity index is 668. The lowest BCUT2D eigenvalue weighted by atomic mass is 10.1. The molecule has 0 aliphatic heterocycles. The van der Waals surface area contributed by atoms with Crippen molar-refractivity contribution in [3.05, 3.63) is 64.4 Å². The van der Waals surface area contributed by atoms with Crippen LogP contribution in [0.1, 0.15) is 15.9 Å². The van der Waals surface area contributed by atoms with E-state index in [4.69, 9.17) is 11.6 Å². The highest BCUT2D eigenvalue weighted by molar-refractivity contribution is 6.30. The van der Waals surface area contributed by atoms with Crippen LogP contribution in [0.25, 0.3) is 0 Å². The number of nitrogens with one attached hydrogen (secondary N) is 1. The van der Waals surface area contributed by atoms with E-state index in [0.29, 0.717) is 23.2 Å². The molecule has 0 aliphatic rings. The molecule has 21 heavy (non-hydrogen) atoms. The van der Waals surface area contributed by atoms with Crippen LogP contribution in [0.5, 0.6) is 0 Å². The summed E-state index contributed by atoms with van der Waals surface area (Å²) in [6, 6.07) is 7.45. The summed E-state index contributed by atoms with van der Waals surface area (Å²) in [5, 5.41) is 2.50. The van der Waals surface area contributed by atoms with Gasteiger partial charge in [0, 0.05) is 10.6 Å². The molecule has 0 unspecified atom stereocenters. The lowest BCUT2D eigenvalue weighted by molar-refractivity contribution is -0.137. The molecule has 2 aromatic carbocycles. The minimum Gasteiger partial charge on any atom is -0.319 e. The van der Waals surface area contributed by atoms with Crippen molar-refractivity contribution < 1.29 is 22.4 Å². The Labute approximate surface area is 122 Å². The summed E-state index contributed by atoms with van der Waals surface area (Å²) >= 11 is 5.66. The SMILES string of the molecule is O=C(Nc1cc(C(F)(F)F)ccc1F)c1ccc(Cl)cc1. The van der Waals surface area contributed by atoms with Gasteiger partial charge < -0.3 is 5.32 Å². The molecule has 0 spiro atoms. The van der Waals surface area contributed by atoms with Crippen LogP contribution in [0.2, 0.25) is 5.02 Å². The van der Waals surface area contributed by atoms with Crippen LogP contribution in [0.15, 0.2) is 42.5 Å². The molecule has 0 aromatic heterocycles. The molecule has 1 amide bonds. The minimum atomic E-state index is -4.62. The highest BCUT2D eigenvalue weighted by Gasteiger charge is 2.31. The van der Waals surface area contributed by atoms with Crippen LogP contribution < -0.4 is 5.32 Å². The van der Waals surface area contributed by atoms with Gasteiger partial charge in [-0.15, -0.1) is 0 Å². The molecule has 1 N–H and O–H groups in total. The van der Waals surface area contributed by atoms with E-state index >= 15 is 0 Å². The molecule has 2 rings (SSSR count). The molecule has 2 aromatic rings. The van der Waals surface area contributed by atoms with Gasteiger partial charge in [0.2, 0.25) is 0 Å². The van der Waals surface area contributed by atoms with E-state index in [9.17, 15) is 22.4 Å². The highest BCUT2D eigenvalue weighted by Crippen LogP contribution is 2.31. The fourth-order valence-electron chi connectivity index (χ4n) is 1.59. The number of carbonyl (C=O) groups excluding carboxylic acids is 1. The van der Waals surface area contributed by atoms with E-state index in [1.54, 1.807) is 0 Å². The van der Waals surface area contributed by atoms with E-state index in [0.717, 1.165) is 0 Å². The largest absolute Gasteiger partial charge is 0.416 e. The van der Waals surface area contributed by atoms with Crippen LogP contribution in [0.4, 0.5) is 23.2 Å². The number of hydrogen-bond acceptors (Lipinski definition) is 1. The number of anilines is 1. The third-order valence-electron chi connectivity index (χ3n) is 2.65. The maximum Gasteiger partial charge on any atom is 0.416 e. The van der Waals surface area contributed by atoms with Gasteiger partial charge in [0.1, 0.15) is 5.82 Å². The smallest absolute Gasteiger partial charge is 0.319 e. The van der Waals surface area contributed by atoms with Crippen LogP contribution in [0, 0.1) is 5.82 Å². The second-order valence-electron chi connectivity index (χ2n) is 4.15. The first kappa shape index (κ1) is 15.3. The number of benzene rings is 2. The molecule has 0 radical (unpaired) electrons. The number of alkyl halides is 3. The number of rotatable bonds is 2.